The minimum Gasteiger partial charge on any atom is -0.346 e. The van der Waals surface area contributed by atoms with Gasteiger partial charge in [-0.2, -0.15) is 0 Å². The lowest BCUT2D eigenvalue weighted by molar-refractivity contribution is -0.132. The highest BCUT2D eigenvalue weighted by atomic mass is 16.2. The number of hydrogen-bond acceptors (Lipinski definition) is 2. The fraction of sp³-hybridized carbons (Fsp3) is 0.524. The molecule has 2 aromatic heterocycles. The van der Waals surface area contributed by atoms with Crippen LogP contribution in [-0.4, -0.2) is 33.9 Å². The number of rotatable bonds is 3. The lowest BCUT2D eigenvalue weighted by Crippen LogP contribution is -2.36. The summed E-state index contributed by atoms with van der Waals surface area (Å²) in [5, 5.41) is 1.18. The van der Waals surface area contributed by atoms with E-state index in [-0.39, 0.29) is 0 Å². The van der Waals surface area contributed by atoms with Crippen molar-refractivity contribution in [2.24, 2.45) is 17.8 Å². The summed E-state index contributed by atoms with van der Waals surface area (Å²) >= 11 is 0. The van der Waals surface area contributed by atoms with Crippen molar-refractivity contribution >= 4 is 22.5 Å². The number of carbonyl (C=O) groups is 1. The van der Waals surface area contributed by atoms with Gasteiger partial charge in [0.2, 0.25) is 5.91 Å². The van der Waals surface area contributed by atoms with Gasteiger partial charge in [-0.1, -0.05) is 31.8 Å². The third-order valence-corrected chi connectivity index (χ3v) is 6.48. The van der Waals surface area contributed by atoms with Gasteiger partial charge in [-0.05, 0) is 42.4 Å². The molecule has 2 unspecified atom stereocenters. The molecular formula is C21H25N3O. The van der Waals surface area contributed by atoms with E-state index in [0.717, 1.165) is 37.5 Å². The maximum absolute atomic E-state index is 12.8. The smallest absolute Gasteiger partial charge is 0.226 e. The Kier molecular flexibility index (Phi) is 3.65. The first-order valence-electron chi connectivity index (χ1n) is 9.71. The molecule has 0 bridgehead atoms. The molecule has 0 saturated heterocycles. The summed E-state index contributed by atoms with van der Waals surface area (Å²) in [6.45, 7) is 1.61. The second-order valence-corrected chi connectivity index (χ2v) is 7.92. The van der Waals surface area contributed by atoms with E-state index in [1.807, 2.05) is 12.3 Å². The van der Waals surface area contributed by atoms with Crippen molar-refractivity contribution in [2.75, 3.05) is 13.1 Å². The quantitative estimate of drug-likeness (QED) is 0.921. The third kappa shape index (κ3) is 2.68. The molecule has 1 N–H and O–H groups in total. The molecule has 25 heavy (non-hydrogen) atoms. The van der Waals surface area contributed by atoms with E-state index in [2.05, 4.69) is 33.2 Å². The fourth-order valence-corrected chi connectivity index (χ4v) is 4.98. The molecule has 4 nitrogen and oxygen atoms in total. The van der Waals surface area contributed by atoms with Crippen LogP contribution in [0.15, 0.2) is 30.6 Å². The molecule has 3 aliphatic rings. The predicted octanol–water partition coefficient (Wildman–Crippen LogP) is 4.00. The van der Waals surface area contributed by atoms with Gasteiger partial charge in [-0.3, -0.25) is 4.79 Å². The number of H-pyrrole nitrogens is 1. The second-order valence-electron chi connectivity index (χ2n) is 7.92. The van der Waals surface area contributed by atoms with Crippen LogP contribution in [-0.2, 0) is 4.79 Å². The van der Waals surface area contributed by atoms with E-state index >= 15 is 0 Å². The minimum atomic E-state index is 0.329. The Morgan fingerprint density at radius 2 is 2.16 bits per heavy atom. The largest absolute Gasteiger partial charge is 0.346 e. The van der Waals surface area contributed by atoms with Gasteiger partial charge >= 0.3 is 0 Å². The third-order valence-electron chi connectivity index (χ3n) is 6.48. The summed E-state index contributed by atoms with van der Waals surface area (Å²) < 4.78 is 0. The normalized spacial score (nSPS) is 26.9. The van der Waals surface area contributed by atoms with E-state index in [1.54, 1.807) is 0 Å². The summed E-state index contributed by atoms with van der Waals surface area (Å²) in [7, 11) is 0. The lowest BCUT2D eigenvalue weighted by Gasteiger charge is -2.27. The fourth-order valence-electron chi connectivity index (χ4n) is 4.98. The molecule has 1 aliphatic heterocycles. The monoisotopic (exact) mass is 335 g/mol. The summed E-state index contributed by atoms with van der Waals surface area (Å²) in [6.07, 6.45) is 13.6. The number of amides is 1. The van der Waals surface area contributed by atoms with E-state index in [4.69, 9.17) is 0 Å². The van der Waals surface area contributed by atoms with Crippen LogP contribution in [0, 0.1) is 17.8 Å². The van der Waals surface area contributed by atoms with Gasteiger partial charge in [0.1, 0.15) is 5.65 Å². The zero-order valence-corrected chi connectivity index (χ0v) is 14.6. The molecule has 5 rings (SSSR count). The van der Waals surface area contributed by atoms with Gasteiger partial charge in [-0.15, -0.1) is 0 Å². The summed E-state index contributed by atoms with van der Waals surface area (Å²) in [5.74, 6) is 2.27. The number of carbonyl (C=O) groups excluding carboxylic acids is 1. The highest BCUT2D eigenvalue weighted by Gasteiger charge is 2.49. The zero-order valence-electron chi connectivity index (χ0n) is 14.6. The SMILES string of the molecule is O=C(C1CC1C1CCCC1)N1CC=C(c2c[nH]c3ncccc23)CC1. The predicted molar refractivity (Wildman–Crippen MR) is 98.8 cm³/mol. The molecule has 0 radical (unpaired) electrons. The first-order valence-corrected chi connectivity index (χ1v) is 9.71. The Labute approximate surface area is 148 Å². The number of fused-ring (bicyclic) bond motifs is 1. The molecule has 2 fully saturated rings. The van der Waals surface area contributed by atoms with Gasteiger partial charge in [0, 0.05) is 42.4 Å². The van der Waals surface area contributed by atoms with E-state index < -0.39 is 0 Å². The molecule has 2 aliphatic carbocycles. The molecule has 1 amide bonds. The van der Waals surface area contributed by atoms with Crippen molar-refractivity contribution in [3.8, 4) is 0 Å². The summed E-state index contributed by atoms with van der Waals surface area (Å²) in [6, 6.07) is 4.10. The van der Waals surface area contributed by atoms with Crippen molar-refractivity contribution in [3.63, 3.8) is 0 Å². The van der Waals surface area contributed by atoms with Gasteiger partial charge in [0.05, 0.1) is 0 Å². The first kappa shape index (κ1) is 15.2. The number of nitrogens with zero attached hydrogens (tertiary/aromatic N) is 2. The molecule has 3 heterocycles. The average Bonchev–Trinajstić information content (AvgIpc) is 3.08. The maximum atomic E-state index is 12.8. The first-order chi connectivity index (χ1) is 12.3. The number of aromatic amines is 1. The van der Waals surface area contributed by atoms with Gasteiger partial charge < -0.3 is 9.88 Å². The van der Waals surface area contributed by atoms with Crippen LogP contribution in [0.2, 0.25) is 0 Å². The van der Waals surface area contributed by atoms with Crippen LogP contribution < -0.4 is 0 Å². The molecule has 0 aromatic carbocycles. The number of pyridine rings is 1. The number of hydrogen-bond donors (Lipinski definition) is 1. The Hall–Kier alpha value is -2.10. The molecule has 4 heteroatoms. The maximum Gasteiger partial charge on any atom is 0.226 e. The number of nitrogens with one attached hydrogen (secondary N) is 1. The Bertz CT molecular complexity index is 831. The Balaban J connectivity index is 1.27. The van der Waals surface area contributed by atoms with Crippen molar-refractivity contribution in [1.82, 2.24) is 14.9 Å². The molecule has 0 spiro atoms. The van der Waals surface area contributed by atoms with Crippen LogP contribution in [0.5, 0.6) is 0 Å². The summed E-state index contributed by atoms with van der Waals surface area (Å²) in [4.78, 5) is 22.5. The highest BCUT2D eigenvalue weighted by molar-refractivity contribution is 5.91. The van der Waals surface area contributed by atoms with E-state index in [1.165, 1.54) is 42.2 Å². The van der Waals surface area contributed by atoms with Crippen LogP contribution in [0.25, 0.3) is 16.6 Å². The molecule has 2 aromatic rings. The highest BCUT2D eigenvalue weighted by Crippen LogP contribution is 2.51. The molecule has 2 saturated carbocycles. The molecular weight excluding hydrogens is 310 g/mol. The Morgan fingerprint density at radius 3 is 2.96 bits per heavy atom. The average molecular weight is 335 g/mol. The van der Waals surface area contributed by atoms with Crippen LogP contribution in [0.4, 0.5) is 0 Å². The minimum absolute atomic E-state index is 0.329. The van der Waals surface area contributed by atoms with Crippen molar-refractivity contribution in [2.45, 2.75) is 38.5 Å². The van der Waals surface area contributed by atoms with Crippen molar-refractivity contribution in [3.05, 3.63) is 36.2 Å². The number of aromatic nitrogens is 2. The van der Waals surface area contributed by atoms with E-state index in [0.29, 0.717) is 17.7 Å². The van der Waals surface area contributed by atoms with Crippen molar-refractivity contribution in [1.29, 1.82) is 0 Å². The van der Waals surface area contributed by atoms with Crippen LogP contribution in [0.1, 0.15) is 44.1 Å². The topological polar surface area (TPSA) is 49.0 Å². The Morgan fingerprint density at radius 1 is 1.28 bits per heavy atom. The van der Waals surface area contributed by atoms with E-state index in [9.17, 15) is 4.79 Å². The molecule has 2 atom stereocenters. The van der Waals surface area contributed by atoms with Crippen molar-refractivity contribution < 1.29 is 4.79 Å². The van der Waals surface area contributed by atoms with Crippen LogP contribution in [0.3, 0.4) is 0 Å². The molecule has 130 valence electrons. The standard InChI is InChI=1S/C21H25N3O/c25-21(18-12-17(18)14-4-1-2-5-14)24-10-7-15(8-11-24)19-13-23-20-16(19)6-3-9-22-20/h3,6-7,9,13-14,17-18H,1-2,4-5,8,10-12H2,(H,22,23). The van der Waals surface area contributed by atoms with Gasteiger partial charge in [0.25, 0.3) is 0 Å². The lowest BCUT2D eigenvalue weighted by atomic mass is 9.98. The van der Waals surface area contributed by atoms with Gasteiger partial charge in [0.15, 0.2) is 0 Å². The summed E-state index contributed by atoms with van der Waals surface area (Å²) in [5.41, 5.74) is 3.52. The zero-order chi connectivity index (χ0) is 16.8. The second kappa shape index (κ2) is 6.01. The van der Waals surface area contributed by atoms with Gasteiger partial charge in [-0.25, -0.2) is 4.98 Å². The van der Waals surface area contributed by atoms with Crippen LogP contribution >= 0.6 is 0 Å².